The van der Waals surface area contributed by atoms with Crippen LogP contribution in [0.4, 0.5) is 0 Å². The molecule has 2 aromatic heterocycles. The number of benzene rings is 1. The summed E-state index contributed by atoms with van der Waals surface area (Å²) in [6, 6.07) is 9.92. The molecule has 1 aliphatic rings. The van der Waals surface area contributed by atoms with Gasteiger partial charge in [0.2, 0.25) is 10.0 Å². The quantitative estimate of drug-likeness (QED) is 0.698. The number of halogens is 1. The number of H-pyrrole nitrogens is 1. The Kier molecular flexibility index (Phi) is 4.60. The minimum atomic E-state index is -3.66. The number of rotatable bonds is 4. The van der Waals surface area contributed by atoms with Gasteiger partial charge in [0.05, 0.1) is 23.1 Å². The standard InChI is InChI=1S/C18H18ClN5O3S/c1-11-18(12(2)21-20-11)28(26,27)23-9-15(10-23)24-17(25)8-7-16(22-24)13-3-5-14(19)6-4-13/h3-8,15H,9-10H2,1-2H3,(H,20,21). The SMILES string of the molecule is Cc1n[nH]c(C)c1S(=O)(=O)N1CC(n2nc(-c3ccc(Cl)cc3)ccc2=O)C1. The monoisotopic (exact) mass is 419 g/mol. The van der Waals surface area contributed by atoms with Crippen LogP contribution in [0, 0.1) is 13.8 Å². The fourth-order valence-corrected chi connectivity index (χ4v) is 5.25. The van der Waals surface area contributed by atoms with Crippen molar-refractivity contribution in [2.24, 2.45) is 0 Å². The van der Waals surface area contributed by atoms with Gasteiger partial charge < -0.3 is 0 Å². The lowest BCUT2D eigenvalue weighted by Gasteiger charge is -2.38. The molecular weight excluding hydrogens is 402 g/mol. The summed E-state index contributed by atoms with van der Waals surface area (Å²) in [5.41, 5.74) is 2.11. The molecule has 0 bridgehead atoms. The number of nitrogens with one attached hydrogen (secondary N) is 1. The molecule has 1 saturated heterocycles. The van der Waals surface area contributed by atoms with Crippen molar-refractivity contribution in [1.29, 1.82) is 0 Å². The number of sulfonamides is 1. The third kappa shape index (κ3) is 3.15. The maximum Gasteiger partial charge on any atom is 0.267 e. The first-order valence-corrected chi connectivity index (χ1v) is 10.5. The van der Waals surface area contributed by atoms with Gasteiger partial charge in [-0.3, -0.25) is 9.89 Å². The van der Waals surface area contributed by atoms with Crippen LogP contribution in [0.25, 0.3) is 11.3 Å². The molecule has 0 atom stereocenters. The van der Waals surface area contributed by atoms with Crippen LogP contribution >= 0.6 is 11.6 Å². The largest absolute Gasteiger partial charge is 0.281 e. The van der Waals surface area contributed by atoms with Gasteiger partial charge in [-0.2, -0.15) is 14.5 Å². The van der Waals surface area contributed by atoms with Crippen molar-refractivity contribution in [2.75, 3.05) is 13.1 Å². The zero-order chi connectivity index (χ0) is 20.1. The Balaban J connectivity index is 1.58. The predicted molar refractivity (Wildman–Crippen MR) is 105 cm³/mol. The fourth-order valence-electron chi connectivity index (χ4n) is 3.28. The van der Waals surface area contributed by atoms with E-state index in [0.29, 0.717) is 22.1 Å². The van der Waals surface area contributed by atoms with Crippen LogP contribution in [0.5, 0.6) is 0 Å². The van der Waals surface area contributed by atoms with Crippen molar-refractivity contribution in [3.8, 4) is 11.3 Å². The van der Waals surface area contributed by atoms with E-state index < -0.39 is 10.0 Å². The minimum Gasteiger partial charge on any atom is -0.281 e. The summed E-state index contributed by atoms with van der Waals surface area (Å²) in [4.78, 5) is 12.5. The molecule has 4 rings (SSSR count). The van der Waals surface area contributed by atoms with Crippen LogP contribution in [0.15, 0.2) is 46.1 Å². The second-order valence-corrected chi connectivity index (χ2v) is 9.06. The van der Waals surface area contributed by atoms with Crippen LogP contribution in [0.1, 0.15) is 17.4 Å². The van der Waals surface area contributed by atoms with Crippen molar-refractivity contribution in [3.63, 3.8) is 0 Å². The minimum absolute atomic E-state index is 0.184. The highest BCUT2D eigenvalue weighted by atomic mass is 35.5. The Morgan fingerprint density at radius 1 is 1.11 bits per heavy atom. The molecule has 1 aliphatic heterocycles. The van der Waals surface area contributed by atoms with E-state index in [0.717, 1.165) is 5.56 Å². The van der Waals surface area contributed by atoms with Gasteiger partial charge in [0.25, 0.3) is 5.56 Å². The summed E-state index contributed by atoms with van der Waals surface area (Å²) >= 11 is 5.92. The second kappa shape index (κ2) is 6.84. The van der Waals surface area contributed by atoms with Crippen LogP contribution in [-0.4, -0.2) is 45.8 Å². The average molecular weight is 420 g/mol. The van der Waals surface area contributed by atoms with Crippen molar-refractivity contribution in [1.82, 2.24) is 24.3 Å². The van der Waals surface area contributed by atoms with E-state index in [4.69, 9.17) is 11.6 Å². The summed E-state index contributed by atoms with van der Waals surface area (Å²) < 4.78 is 28.4. The molecule has 0 unspecified atom stereocenters. The molecular formula is C18H18ClN5O3S. The maximum atomic E-state index is 12.8. The number of nitrogens with zero attached hydrogens (tertiary/aromatic N) is 4. The smallest absolute Gasteiger partial charge is 0.267 e. The van der Waals surface area contributed by atoms with E-state index >= 15 is 0 Å². The second-order valence-electron chi connectivity index (χ2n) is 6.75. The topological polar surface area (TPSA) is 101 Å². The molecule has 0 saturated carbocycles. The van der Waals surface area contributed by atoms with Gasteiger partial charge in [0, 0.05) is 29.7 Å². The normalized spacial score (nSPS) is 15.5. The van der Waals surface area contributed by atoms with Gasteiger partial charge in [0.1, 0.15) is 4.90 Å². The summed E-state index contributed by atoms with van der Waals surface area (Å²) in [5.74, 6) is 0. The molecule has 1 N–H and O–H groups in total. The summed E-state index contributed by atoms with van der Waals surface area (Å²) in [6.07, 6.45) is 0. The molecule has 146 valence electrons. The van der Waals surface area contributed by atoms with Gasteiger partial charge in [-0.15, -0.1) is 0 Å². The zero-order valence-electron chi connectivity index (χ0n) is 15.3. The zero-order valence-corrected chi connectivity index (χ0v) is 16.8. The van der Waals surface area contributed by atoms with Crippen molar-refractivity contribution in [2.45, 2.75) is 24.8 Å². The lowest BCUT2D eigenvalue weighted by Crippen LogP contribution is -2.53. The average Bonchev–Trinajstić information content (AvgIpc) is 2.95. The van der Waals surface area contributed by atoms with Gasteiger partial charge in [-0.1, -0.05) is 23.7 Å². The van der Waals surface area contributed by atoms with E-state index in [1.54, 1.807) is 32.0 Å². The Labute approximate surface area is 166 Å². The Hall–Kier alpha value is -2.49. The Bertz CT molecular complexity index is 1180. The predicted octanol–water partition coefficient (Wildman–Crippen LogP) is 2.15. The summed E-state index contributed by atoms with van der Waals surface area (Å²) in [5, 5.41) is 11.7. The van der Waals surface area contributed by atoms with Crippen LogP contribution < -0.4 is 5.56 Å². The first kappa shape index (κ1) is 18.9. The van der Waals surface area contributed by atoms with E-state index in [-0.39, 0.29) is 29.6 Å². The van der Waals surface area contributed by atoms with E-state index in [1.165, 1.54) is 15.1 Å². The lowest BCUT2D eigenvalue weighted by atomic mass is 10.1. The highest BCUT2D eigenvalue weighted by molar-refractivity contribution is 7.89. The molecule has 1 fully saturated rings. The van der Waals surface area contributed by atoms with E-state index in [1.807, 2.05) is 12.1 Å². The van der Waals surface area contributed by atoms with Crippen LogP contribution in [-0.2, 0) is 10.0 Å². The number of aryl methyl sites for hydroxylation is 2. The maximum absolute atomic E-state index is 12.8. The highest BCUT2D eigenvalue weighted by Gasteiger charge is 2.40. The number of hydrogen-bond acceptors (Lipinski definition) is 5. The summed E-state index contributed by atoms with van der Waals surface area (Å²) in [6.45, 7) is 3.69. The molecule has 0 amide bonds. The van der Waals surface area contributed by atoms with Gasteiger partial charge in [0.15, 0.2) is 0 Å². The molecule has 3 heterocycles. The third-order valence-electron chi connectivity index (χ3n) is 4.80. The molecule has 8 nitrogen and oxygen atoms in total. The third-order valence-corrected chi connectivity index (χ3v) is 7.15. The van der Waals surface area contributed by atoms with Gasteiger partial charge in [-0.25, -0.2) is 13.1 Å². The lowest BCUT2D eigenvalue weighted by molar-refractivity contribution is 0.185. The summed E-state index contributed by atoms with van der Waals surface area (Å²) in [7, 11) is -3.66. The van der Waals surface area contributed by atoms with Crippen molar-refractivity contribution >= 4 is 21.6 Å². The molecule has 28 heavy (non-hydrogen) atoms. The van der Waals surface area contributed by atoms with E-state index in [2.05, 4.69) is 15.3 Å². The van der Waals surface area contributed by atoms with Gasteiger partial charge >= 0.3 is 0 Å². The molecule has 1 aromatic carbocycles. The Morgan fingerprint density at radius 2 is 1.79 bits per heavy atom. The number of aromatic amines is 1. The fraction of sp³-hybridized carbons (Fsp3) is 0.278. The molecule has 0 aliphatic carbocycles. The van der Waals surface area contributed by atoms with Crippen LogP contribution in [0.3, 0.4) is 0 Å². The highest BCUT2D eigenvalue weighted by Crippen LogP contribution is 2.30. The molecule has 10 heteroatoms. The van der Waals surface area contributed by atoms with Crippen molar-refractivity contribution in [3.05, 3.63) is 63.2 Å². The first-order chi connectivity index (χ1) is 13.3. The number of aromatic nitrogens is 4. The molecule has 3 aromatic rings. The van der Waals surface area contributed by atoms with E-state index in [9.17, 15) is 13.2 Å². The number of hydrogen-bond donors (Lipinski definition) is 1. The van der Waals surface area contributed by atoms with Crippen molar-refractivity contribution < 1.29 is 8.42 Å². The molecule has 0 spiro atoms. The Morgan fingerprint density at radius 3 is 2.39 bits per heavy atom. The van der Waals surface area contributed by atoms with Crippen LogP contribution in [0.2, 0.25) is 5.02 Å². The van der Waals surface area contributed by atoms with Gasteiger partial charge in [-0.05, 0) is 32.0 Å². The molecule has 0 radical (unpaired) electrons. The first-order valence-electron chi connectivity index (χ1n) is 8.65.